The Morgan fingerprint density at radius 2 is 1.89 bits per heavy atom. The van der Waals surface area contributed by atoms with Crippen molar-refractivity contribution in [3.05, 3.63) is 53.1 Å². The van der Waals surface area contributed by atoms with Crippen LogP contribution in [0.15, 0.2) is 36.4 Å². The van der Waals surface area contributed by atoms with E-state index in [-0.39, 0.29) is 17.6 Å². The van der Waals surface area contributed by atoms with E-state index in [1.165, 1.54) is 25.0 Å². The van der Waals surface area contributed by atoms with Crippen LogP contribution < -0.4 is 14.4 Å². The summed E-state index contributed by atoms with van der Waals surface area (Å²) in [5, 5.41) is 9.16. The lowest BCUT2D eigenvalue weighted by Crippen LogP contribution is -2.23. The molecule has 1 amide bonds. The second kappa shape index (κ2) is 6.95. The first-order valence-electron chi connectivity index (χ1n) is 9.09. The number of aromatic carboxylic acids is 1. The average Bonchev–Trinajstić information content (AvgIpc) is 3.29. The molecule has 140 valence electrons. The second-order valence-corrected chi connectivity index (χ2v) is 6.93. The summed E-state index contributed by atoms with van der Waals surface area (Å²) in [6, 6.07) is 10.1. The van der Waals surface area contributed by atoms with Gasteiger partial charge < -0.3 is 19.5 Å². The van der Waals surface area contributed by atoms with Crippen molar-refractivity contribution in [2.24, 2.45) is 0 Å². The van der Waals surface area contributed by atoms with Crippen LogP contribution in [0.5, 0.6) is 11.5 Å². The fourth-order valence-electron chi connectivity index (χ4n) is 3.75. The molecule has 0 saturated heterocycles. The van der Waals surface area contributed by atoms with Crippen molar-refractivity contribution in [1.82, 2.24) is 0 Å². The molecule has 27 heavy (non-hydrogen) atoms. The lowest BCUT2D eigenvalue weighted by molar-refractivity contribution is 0.0697. The number of methoxy groups -OCH3 is 1. The van der Waals surface area contributed by atoms with Gasteiger partial charge in [0, 0.05) is 17.3 Å². The highest BCUT2D eigenvalue weighted by atomic mass is 16.5. The molecular formula is C21H21NO5. The van der Waals surface area contributed by atoms with Crippen molar-refractivity contribution in [3.63, 3.8) is 0 Å². The number of rotatable bonds is 5. The van der Waals surface area contributed by atoms with E-state index in [4.69, 9.17) is 14.6 Å². The molecule has 0 radical (unpaired) electrons. The number of anilines is 1. The summed E-state index contributed by atoms with van der Waals surface area (Å²) in [5.74, 6) is 0.0330. The van der Waals surface area contributed by atoms with Crippen LogP contribution in [0.1, 0.15) is 52.0 Å². The highest BCUT2D eigenvalue weighted by Crippen LogP contribution is 2.37. The lowest BCUT2D eigenvalue weighted by atomic mass is 10.1. The first-order chi connectivity index (χ1) is 13.1. The van der Waals surface area contributed by atoms with Gasteiger partial charge in [-0.3, -0.25) is 4.79 Å². The molecule has 2 aromatic rings. The van der Waals surface area contributed by atoms with E-state index in [0.717, 1.165) is 18.4 Å². The van der Waals surface area contributed by atoms with Gasteiger partial charge in [0.25, 0.3) is 5.91 Å². The predicted molar refractivity (Wildman–Crippen MR) is 99.8 cm³/mol. The van der Waals surface area contributed by atoms with Gasteiger partial charge in [-0.05, 0) is 55.5 Å². The molecule has 0 atom stereocenters. The number of carboxylic acids is 1. The SMILES string of the molecule is COc1ccc(N2Cc3ccc(C(=O)O)cc3C2=O)cc1OC1CCCC1. The molecule has 0 unspecified atom stereocenters. The van der Waals surface area contributed by atoms with Crippen molar-refractivity contribution >= 4 is 17.6 Å². The molecule has 1 heterocycles. The first kappa shape index (κ1) is 17.4. The van der Waals surface area contributed by atoms with Gasteiger partial charge in [-0.2, -0.15) is 0 Å². The molecule has 1 saturated carbocycles. The van der Waals surface area contributed by atoms with Crippen molar-refractivity contribution in [1.29, 1.82) is 0 Å². The molecule has 1 aliphatic heterocycles. The fourth-order valence-corrected chi connectivity index (χ4v) is 3.75. The Morgan fingerprint density at radius 1 is 1.11 bits per heavy atom. The van der Waals surface area contributed by atoms with Gasteiger partial charge in [0.15, 0.2) is 11.5 Å². The smallest absolute Gasteiger partial charge is 0.335 e. The van der Waals surface area contributed by atoms with Crippen LogP contribution in [0, 0.1) is 0 Å². The van der Waals surface area contributed by atoms with Gasteiger partial charge in [0.2, 0.25) is 0 Å². The Hall–Kier alpha value is -3.02. The topological polar surface area (TPSA) is 76.1 Å². The van der Waals surface area contributed by atoms with E-state index in [9.17, 15) is 9.59 Å². The van der Waals surface area contributed by atoms with Crippen LogP contribution in [-0.4, -0.2) is 30.2 Å². The minimum atomic E-state index is -1.04. The number of hydrogen-bond donors (Lipinski definition) is 1. The molecule has 0 aromatic heterocycles. The maximum atomic E-state index is 12.8. The molecule has 2 aliphatic rings. The molecular weight excluding hydrogens is 346 g/mol. The summed E-state index contributed by atoms with van der Waals surface area (Å²) in [6.07, 6.45) is 4.56. The zero-order chi connectivity index (χ0) is 19.0. The number of ether oxygens (including phenoxy) is 2. The average molecular weight is 367 g/mol. The summed E-state index contributed by atoms with van der Waals surface area (Å²) in [6.45, 7) is 0.406. The van der Waals surface area contributed by atoms with Crippen LogP contribution in [0.3, 0.4) is 0 Å². The molecule has 1 fully saturated rings. The Balaban J connectivity index is 1.63. The molecule has 6 nitrogen and oxygen atoms in total. The molecule has 2 aromatic carbocycles. The summed E-state index contributed by atoms with van der Waals surface area (Å²) in [4.78, 5) is 25.7. The van der Waals surface area contributed by atoms with Crippen molar-refractivity contribution < 1.29 is 24.2 Å². The quantitative estimate of drug-likeness (QED) is 0.868. The van der Waals surface area contributed by atoms with Gasteiger partial charge >= 0.3 is 5.97 Å². The van der Waals surface area contributed by atoms with Crippen LogP contribution in [-0.2, 0) is 6.54 Å². The van der Waals surface area contributed by atoms with Gasteiger partial charge in [0.05, 0.1) is 25.3 Å². The molecule has 1 N–H and O–H groups in total. The van der Waals surface area contributed by atoms with Crippen LogP contribution in [0.2, 0.25) is 0 Å². The lowest BCUT2D eigenvalue weighted by Gasteiger charge is -2.20. The Morgan fingerprint density at radius 3 is 2.59 bits per heavy atom. The fraction of sp³-hybridized carbons (Fsp3) is 0.333. The van der Waals surface area contributed by atoms with Crippen LogP contribution in [0.25, 0.3) is 0 Å². The number of amides is 1. The largest absolute Gasteiger partial charge is 0.493 e. The Labute approximate surface area is 157 Å². The van der Waals surface area contributed by atoms with Crippen LogP contribution in [0.4, 0.5) is 5.69 Å². The minimum Gasteiger partial charge on any atom is -0.493 e. The van der Waals surface area contributed by atoms with E-state index in [1.54, 1.807) is 24.1 Å². The number of carboxylic acid groups (broad SMARTS) is 1. The van der Waals surface area contributed by atoms with E-state index >= 15 is 0 Å². The molecule has 4 rings (SSSR count). The van der Waals surface area contributed by atoms with Crippen molar-refractivity contribution in [3.8, 4) is 11.5 Å². The molecule has 0 bridgehead atoms. The standard InChI is InChI=1S/C21H21NO5/c1-26-18-9-8-15(11-19(18)27-16-4-2-3-5-16)22-12-14-7-6-13(21(24)25)10-17(14)20(22)23/h6-11,16H,2-5,12H2,1H3,(H,24,25). The predicted octanol–water partition coefficient (Wildman–Crippen LogP) is 3.88. The van der Waals surface area contributed by atoms with Gasteiger partial charge in [0.1, 0.15) is 0 Å². The number of fused-ring (bicyclic) bond motifs is 1. The highest BCUT2D eigenvalue weighted by molar-refractivity contribution is 6.11. The van der Waals surface area contributed by atoms with E-state index in [2.05, 4.69) is 0 Å². The second-order valence-electron chi connectivity index (χ2n) is 6.93. The monoisotopic (exact) mass is 367 g/mol. The summed E-state index contributed by atoms with van der Waals surface area (Å²) in [5.41, 5.74) is 2.08. The Kier molecular flexibility index (Phi) is 4.48. The molecule has 1 aliphatic carbocycles. The van der Waals surface area contributed by atoms with E-state index in [1.807, 2.05) is 12.1 Å². The first-order valence-corrected chi connectivity index (χ1v) is 9.09. The van der Waals surface area contributed by atoms with Gasteiger partial charge in [-0.25, -0.2) is 4.79 Å². The normalized spacial score (nSPS) is 16.5. The maximum Gasteiger partial charge on any atom is 0.335 e. The number of carbonyl (C=O) groups excluding carboxylic acids is 1. The van der Waals surface area contributed by atoms with Gasteiger partial charge in [-0.1, -0.05) is 6.07 Å². The van der Waals surface area contributed by atoms with Crippen LogP contribution >= 0.6 is 0 Å². The maximum absolute atomic E-state index is 12.8. The zero-order valence-electron chi connectivity index (χ0n) is 15.1. The zero-order valence-corrected chi connectivity index (χ0v) is 15.1. The van der Waals surface area contributed by atoms with E-state index in [0.29, 0.717) is 29.3 Å². The molecule has 0 spiro atoms. The molecule has 6 heteroatoms. The minimum absolute atomic E-state index is 0.115. The summed E-state index contributed by atoms with van der Waals surface area (Å²) >= 11 is 0. The number of nitrogens with zero attached hydrogens (tertiary/aromatic N) is 1. The van der Waals surface area contributed by atoms with Crippen molar-refractivity contribution in [2.45, 2.75) is 38.3 Å². The third kappa shape index (κ3) is 3.23. The van der Waals surface area contributed by atoms with Crippen molar-refractivity contribution in [2.75, 3.05) is 12.0 Å². The number of hydrogen-bond acceptors (Lipinski definition) is 4. The summed E-state index contributed by atoms with van der Waals surface area (Å²) in [7, 11) is 1.60. The summed E-state index contributed by atoms with van der Waals surface area (Å²) < 4.78 is 11.5. The number of carbonyl (C=O) groups is 2. The highest BCUT2D eigenvalue weighted by Gasteiger charge is 2.30. The Bertz CT molecular complexity index is 901. The van der Waals surface area contributed by atoms with E-state index < -0.39 is 5.97 Å². The number of benzene rings is 2. The third-order valence-corrected chi connectivity index (χ3v) is 5.22. The van der Waals surface area contributed by atoms with Gasteiger partial charge in [-0.15, -0.1) is 0 Å². The third-order valence-electron chi connectivity index (χ3n) is 5.22.